The van der Waals surface area contributed by atoms with Gasteiger partial charge in [-0.15, -0.1) is 24.0 Å². The summed E-state index contributed by atoms with van der Waals surface area (Å²) < 4.78 is 11.8. The first-order chi connectivity index (χ1) is 13.3. The van der Waals surface area contributed by atoms with E-state index in [1.807, 2.05) is 13.2 Å². The Morgan fingerprint density at radius 3 is 2.75 bits per heavy atom. The number of anilines is 1. The van der Waals surface area contributed by atoms with Crippen molar-refractivity contribution in [2.24, 2.45) is 4.99 Å². The standard InChI is InChI=1S/C20H31N5O2.HI/c1-21-20(25-10-12-27-18(15-25)17-5-4-11-26-17)23-14-16-6-7-22-19(13-16)24-8-2-3-9-24;/h6-7,13,17-18H,2-5,8-12,14-15H2,1H3,(H,21,23);1H. The molecule has 3 fully saturated rings. The van der Waals surface area contributed by atoms with Crippen LogP contribution in [0.1, 0.15) is 31.2 Å². The van der Waals surface area contributed by atoms with E-state index in [2.05, 4.69) is 37.2 Å². The maximum Gasteiger partial charge on any atom is 0.194 e. The summed E-state index contributed by atoms with van der Waals surface area (Å²) in [5.74, 6) is 2.02. The average molecular weight is 501 g/mol. The van der Waals surface area contributed by atoms with Gasteiger partial charge in [0.15, 0.2) is 5.96 Å². The van der Waals surface area contributed by atoms with E-state index in [0.717, 1.165) is 70.6 Å². The molecule has 4 rings (SSSR count). The molecule has 0 amide bonds. The molecule has 8 heteroatoms. The van der Waals surface area contributed by atoms with Crippen LogP contribution in [-0.2, 0) is 16.0 Å². The van der Waals surface area contributed by atoms with E-state index >= 15 is 0 Å². The molecular formula is C20H32IN5O2. The molecule has 7 nitrogen and oxygen atoms in total. The van der Waals surface area contributed by atoms with Gasteiger partial charge in [-0.25, -0.2) is 4.98 Å². The van der Waals surface area contributed by atoms with Crippen molar-refractivity contribution >= 4 is 35.8 Å². The third-order valence-corrected chi connectivity index (χ3v) is 5.67. The molecule has 3 aliphatic rings. The Morgan fingerprint density at radius 2 is 2.00 bits per heavy atom. The largest absolute Gasteiger partial charge is 0.375 e. The van der Waals surface area contributed by atoms with Gasteiger partial charge in [0.25, 0.3) is 0 Å². The van der Waals surface area contributed by atoms with E-state index in [1.54, 1.807) is 0 Å². The van der Waals surface area contributed by atoms with Gasteiger partial charge < -0.3 is 24.6 Å². The molecule has 28 heavy (non-hydrogen) atoms. The van der Waals surface area contributed by atoms with Crippen molar-refractivity contribution < 1.29 is 9.47 Å². The van der Waals surface area contributed by atoms with Crippen LogP contribution in [-0.4, -0.2) is 74.5 Å². The van der Waals surface area contributed by atoms with Gasteiger partial charge >= 0.3 is 0 Å². The Morgan fingerprint density at radius 1 is 1.18 bits per heavy atom. The quantitative estimate of drug-likeness (QED) is 0.388. The second-order valence-corrected chi connectivity index (χ2v) is 7.52. The molecule has 0 aliphatic carbocycles. The van der Waals surface area contributed by atoms with E-state index in [-0.39, 0.29) is 36.2 Å². The fourth-order valence-corrected chi connectivity index (χ4v) is 4.19. The van der Waals surface area contributed by atoms with Gasteiger partial charge in [-0.2, -0.15) is 0 Å². The highest BCUT2D eigenvalue weighted by molar-refractivity contribution is 14.0. The van der Waals surface area contributed by atoms with Crippen molar-refractivity contribution in [2.45, 2.75) is 44.4 Å². The van der Waals surface area contributed by atoms with Crippen LogP contribution in [0.25, 0.3) is 0 Å². The van der Waals surface area contributed by atoms with E-state index < -0.39 is 0 Å². The second kappa shape index (κ2) is 10.6. The molecule has 0 aromatic carbocycles. The molecule has 0 saturated carbocycles. The normalized spacial score (nSPS) is 25.7. The summed E-state index contributed by atoms with van der Waals surface area (Å²) in [6, 6.07) is 4.27. The van der Waals surface area contributed by atoms with Crippen molar-refractivity contribution in [3.63, 3.8) is 0 Å². The van der Waals surface area contributed by atoms with E-state index in [4.69, 9.17) is 9.47 Å². The van der Waals surface area contributed by atoms with Crippen LogP contribution < -0.4 is 10.2 Å². The Hall–Kier alpha value is -1.13. The zero-order chi connectivity index (χ0) is 18.5. The third kappa shape index (κ3) is 5.27. The van der Waals surface area contributed by atoms with Gasteiger partial charge in [0.05, 0.1) is 12.7 Å². The highest BCUT2D eigenvalue weighted by Gasteiger charge is 2.32. The molecule has 2 atom stereocenters. The van der Waals surface area contributed by atoms with E-state index in [0.29, 0.717) is 0 Å². The molecular weight excluding hydrogens is 469 g/mol. The lowest BCUT2D eigenvalue weighted by Gasteiger charge is -2.37. The number of ether oxygens (including phenoxy) is 2. The fraction of sp³-hybridized carbons (Fsp3) is 0.700. The van der Waals surface area contributed by atoms with Crippen LogP contribution in [0.3, 0.4) is 0 Å². The molecule has 3 aliphatic heterocycles. The van der Waals surface area contributed by atoms with Crippen molar-refractivity contribution in [1.82, 2.24) is 15.2 Å². The number of nitrogens with one attached hydrogen (secondary N) is 1. The van der Waals surface area contributed by atoms with Gasteiger partial charge in [0.1, 0.15) is 11.9 Å². The highest BCUT2D eigenvalue weighted by atomic mass is 127. The average Bonchev–Trinajstić information content (AvgIpc) is 3.43. The van der Waals surface area contributed by atoms with E-state index in [1.165, 1.54) is 18.4 Å². The van der Waals surface area contributed by atoms with Crippen molar-refractivity contribution in [1.29, 1.82) is 0 Å². The Labute approximate surface area is 184 Å². The summed E-state index contributed by atoms with van der Waals surface area (Å²) in [4.78, 5) is 13.7. The van der Waals surface area contributed by atoms with Gasteiger partial charge in [0, 0.05) is 52.6 Å². The molecule has 0 bridgehead atoms. The summed E-state index contributed by atoms with van der Waals surface area (Å²) in [7, 11) is 1.85. The van der Waals surface area contributed by atoms with Crippen molar-refractivity contribution in [3.05, 3.63) is 23.9 Å². The lowest BCUT2D eigenvalue weighted by Crippen LogP contribution is -2.53. The first kappa shape index (κ1) is 21.6. The zero-order valence-electron chi connectivity index (χ0n) is 16.7. The summed E-state index contributed by atoms with van der Waals surface area (Å²) in [6.07, 6.45) is 7.05. The van der Waals surface area contributed by atoms with Crippen LogP contribution >= 0.6 is 24.0 Å². The van der Waals surface area contributed by atoms with Crippen LogP contribution in [0.2, 0.25) is 0 Å². The minimum Gasteiger partial charge on any atom is -0.375 e. The Bertz CT molecular complexity index is 647. The monoisotopic (exact) mass is 501 g/mol. The van der Waals surface area contributed by atoms with Crippen molar-refractivity contribution in [2.75, 3.05) is 51.3 Å². The molecule has 156 valence electrons. The van der Waals surface area contributed by atoms with E-state index in [9.17, 15) is 0 Å². The number of hydrogen-bond acceptors (Lipinski definition) is 5. The minimum absolute atomic E-state index is 0. The summed E-state index contributed by atoms with van der Waals surface area (Å²) in [5.41, 5.74) is 1.23. The molecule has 4 heterocycles. The van der Waals surface area contributed by atoms with Crippen LogP contribution in [0.5, 0.6) is 0 Å². The number of aromatic nitrogens is 1. The molecule has 2 unspecified atom stereocenters. The lowest BCUT2D eigenvalue weighted by molar-refractivity contribution is -0.0817. The highest BCUT2D eigenvalue weighted by Crippen LogP contribution is 2.21. The number of nitrogens with zero attached hydrogens (tertiary/aromatic N) is 4. The molecule has 1 N–H and O–H groups in total. The molecule has 0 radical (unpaired) electrons. The molecule has 0 spiro atoms. The Kier molecular flexibility index (Phi) is 8.16. The predicted octanol–water partition coefficient (Wildman–Crippen LogP) is 2.26. The number of rotatable bonds is 4. The maximum atomic E-state index is 5.96. The van der Waals surface area contributed by atoms with Crippen LogP contribution in [0, 0.1) is 0 Å². The molecule has 1 aromatic heterocycles. The van der Waals surface area contributed by atoms with Crippen molar-refractivity contribution in [3.8, 4) is 0 Å². The molecule has 3 saturated heterocycles. The summed E-state index contributed by atoms with van der Waals surface area (Å²) in [5, 5.41) is 3.52. The number of guanidine groups is 1. The Balaban J connectivity index is 0.00000225. The number of morpholine rings is 1. The maximum absolute atomic E-state index is 5.96. The lowest BCUT2D eigenvalue weighted by atomic mass is 10.1. The van der Waals surface area contributed by atoms with Crippen LogP contribution in [0.15, 0.2) is 23.3 Å². The van der Waals surface area contributed by atoms with Gasteiger partial charge in [0.2, 0.25) is 0 Å². The topological polar surface area (TPSA) is 62.2 Å². The number of hydrogen-bond donors (Lipinski definition) is 1. The number of halogens is 1. The third-order valence-electron chi connectivity index (χ3n) is 5.67. The fourth-order valence-electron chi connectivity index (χ4n) is 4.19. The summed E-state index contributed by atoms with van der Waals surface area (Å²) in [6.45, 7) is 6.25. The molecule has 1 aromatic rings. The minimum atomic E-state index is 0. The van der Waals surface area contributed by atoms with Gasteiger partial charge in [-0.1, -0.05) is 0 Å². The first-order valence-electron chi connectivity index (χ1n) is 10.2. The van der Waals surface area contributed by atoms with Gasteiger partial charge in [-0.05, 0) is 43.4 Å². The zero-order valence-corrected chi connectivity index (χ0v) is 19.0. The van der Waals surface area contributed by atoms with Gasteiger partial charge in [-0.3, -0.25) is 4.99 Å². The predicted molar refractivity (Wildman–Crippen MR) is 122 cm³/mol. The SMILES string of the molecule is CN=C(NCc1ccnc(N2CCCC2)c1)N1CCOC(C2CCCO2)C1.I. The summed E-state index contributed by atoms with van der Waals surface area (Å²) >= 11 is 0. The second-order valence-electron chi connectivity index (χ2n) is 7.52. The first-order valence-corrected chi connectivity index (χ1v) is 10.2. The smallest absolute Gasteiger partial charge is 0.194 e. The number of aliphatic imine (C=N–C) groups is 1. The number of pyridine rings is 1. The van der Waals surface area contributed by atoms with Crippen LogP contribution in [0.4, 0.5) is 5.82 Å².